The van der Waals surface area contributed by atoms with Gasteiger partial charge < -0.3 is 0 Å². The summed E-state index contributed by atoms with van der Waals surface area (Å²) in [5.41, 5.74) is 3.20. The molecule has 2 heteroatoms. The van der Waals surface area contributed by atoms with E-state index < -0.39 is 0 Å². The number of nitrogens with one attached hydrogen (secondary N) is 1. The first kappa shape index (κ1) is 7.03. The predicted molar refractivity (Wildman–Crippen MR) is 39.1 cm³/mol. The Morgan fingerprint density at radius 3 is 1.89 bits per heavy atom. The highest BCUT2D eigenvalue weighted by molar-refractivity contribution is 4.78. The van der Waals surface area contributed by atoms with Crippen LogP contribution in [-0.4, -0.2) is 24.1 Å². The second kappa shape index (κ2) is 2.67. The Kier molecular flexibility index (Phi) is 2.09. The Morgan fingerprint density at radius 1 is 1.22 bits per heavy atom. The van der Waals surface area contributed by atoms with Crippen LogP contribution in [0.3, 0.4) is 0 Å². The number of rotatable bonds is 1. The average molecular weight is 128 g/mol. The average Bonchev–Trinajstić information content (AvgIpc) is 2.12. The van der Waals surface area contributed by atoms with Gasteiger partial charge in [-0.15, -0.1) is 0 Å². The normalized spacial score (nSPS) is 37.7. The van der Waals surface area contributed by atoms with Gasteiger partial charge in [0.1, 0.15) is 0 Å². The molecule has 0 saturated carbocycles. The van der Waals surface area contributed by atoms with E-state index in [0.717, 1.165) is 12.1 Å². The standard InChI is InChI=1S/C7H16N2/c1-6-4-5-7(2)9(6)8-3/h6-8H,4-5H2,1-3H3. The van der Waals surface area contributed by atoms with Crippen molar-refractivity contribution < 1.29 is 0 Å². The minimum atomic E-state index is 0.727. The Morgan fingerprint density at radius 2 is 1.67 bits per heavy atom. The summed E-state index contributed by atoms with van der Waals surface area (Å²) in [5.74, 6) is 0. The molecular formula is C7H16N2. The van der Waals surface area contributed by atoms with Crippen molar-refractivity contribution in [2.75, 3.05) is 7.05 Å². The van der Waals surface area contributed by atoms with Crippen LogP contribution in [-0.2, 0) is 0 Å². The zero-order valence-electron chi connectivity index (χ0n) is 6.52. The predicted octanol–water partition coefficient (Wildman–Crippen LogP) is 0.994. The highest BCUT2D eigenvalue weighted by Crippen LogP contribution is 2.19. The smallest absolute Gasteiger partial charge is 0.0218 e. The Hall–Kier alpha value is -0.0800. The van der Waals surface area contributed by atoms with Crippen molar-refractivity contribution in [2.24, 2.45) is 0 Å². The molecule has 0 radical (unpaired) electrons. The van der Waals surface area contributed by atoms with Crippen molar-refractivity contribution in [3.63, 3.8) is 0 Å². The molecular weight excluding hydrogens is 112 g/mol. The molecule has 54 valence electrons. The maximum absolute atomic E-state index is 3.20. The molecule has 1 heterocycles. The Balaban J connectivity index is 2.44. The van der Waals surface area contributed by atoms with E-state index in [1.807, 2.05) is 7.05 Å². The molecule has 2 atom stereocenters. The van der Waals surface area contributed by atoms with E-state index in [1.54, 1.807) is 0 Å². The van der Waals surface area contributed by atoms with Crippen molar-refractivity contribution in [1.82, 2.24) is 10.4 Å². The van der Waals surface area contributed by atoms with Crippen LogP contribution in [0.25, 0.3) is 0 Å². The van der Waals surface area contributed by atoms with E-state index in [2.05, 4.69) is 24.3 Å². The molecule has 2 unspecified atom stereocenters. The van der Waals surface area contributed by atoms with Crippen LogP contribution in [0.4, 0.5) is 0 Å². The third kappa shape index (κ3) is 1.25. The molecule has 1 rings (SSSR count). The van der Waals surface area contributed by atoms with Gasteiger partial charge in [-0.3, -0.25) is 5.43 Å². The van der Waals surface area contributed by atoms with Gasteiger partial charge in [-0.25, -0.2) is 5.01 Å². The second-order valence-electron chi connectivity index (χ2n) is 2.91. The summed E-state index contributed by atoms with van der Waals surface area (Å²) in [4.78, 5) is 0. The lowest BCUT2D eigenvalue weighted by Crippen LogP contribution is -2.41. The van der Waals surface area contributed by atoms with Gasteiger partial charge in [0.2, 0.25) is 0 Å². The molecule has 1 aliphatic heterocycles. The first-order chi connectivity index (χ1) is 4.25. The van der Waals surface area contributed by atoms with Crippen molar-refractivity contribution in [3.8, 4) is 0 Å². The van der Waals surface area contributed by atoms with Crippen LogP contribution >= 0.6 is 0 Å². The third-order valence-electron chi connectivity index (χ3n) is 2.21. The zero-order valence-corrected chi connectivity index (χ0v) is 6.52. The molecule has 0 aliphatic carbocycles. The third-order valence-corrected chi connectivity index (χ3v) is 2.21. The van der Waals surface area contributed by atoms with Gasteiger partial charge in [0.15, 0.2) is 0 Å². The minimum Gasteiger partial charge on any atom is -0.258 e. The molecule has 1 fully saturated rings. The number of hydrogen-bond donors (Lipinski definition) is 1. The minimum absolute atomic E-state index is 0.727. The summed E-state index contributed by atoms with van der Waals surface area (Å²) < 4.78 is 0. The van der Waals surface area contributed by atoms with Crippen LogP contribution in [0.15, 0.2) is 0 Å². The van der Waals surface area contributed by atoms with Crippen molar-refractivity contribution in [2.45, 2.75) is 38.8 Å². The maximum atomic E-state index is 3.20. The fourth-order valence-corrected chi connectivity index (χ4v) is 1.64. The molecule has 0 aromatic carbocycles. The molecule has 0 spiro atoms. The second-order valence-corrected chi connectivity index (χ2v) is 2.91. The molecule has 2 nitrogen and oxygen atoms in total. The van der Waals surface area contributed by atoms with Crippen molar-refractivity contribution in [1.29, 1.82) is 0 Å². The van der Waals surface area contributed by atoms with Crippen molar-refractivity contribution in [3.05, 3.63) is 0 Å². The molecule has 0 bridgehead atoms. The SMILES string of the molecule is CNN1C(C)CCC1C. The topological polar surface area (TPSA) is 15.3 Å². The van der Waals surface area contributed by atoms with Gasteiger partial charge >= 0.3 is 0 Å². The van der Waals surface area contributed by atoms with Gasteiger partial charge in [0, 0.05) is 12.1 Å². The lowest BCUT2D eigenvalue weighted by molar-refractivity contribution is 0.152. The van der Waals surface area contributed by atoms with Crippen LogP contribution in [0.2, 0.25) is 0 Å². The zero-order chi connectivity index (χ0) is 6.85. The number of hydrazine groups is 1. The first-order valence-electron chi connectivity index (χ1n) is 3.71. The Labute approximate surface area is 57.2 Å². The van der Waals surface area contributed by atoms with Crippen molar-refractivity contribution >= 4 is 0 Å². The Bertz CT molecular complexity index is 82.9. The van der Waals surface area contributed by atoms with E-state index in [-0.39, 0.29) is 0 Å². The lowest BCUT2D eigenvalue weighted by Gasteiger charge is -2.23. The summed E-state index contributed by atoms with van der Waals surface area (Å²) in [6.45, 7) is 4.53. The maximum Gasteiger partial charge on any atom is 0.0218 e. The van der Waals surface area contributed by atoms with E-state index in [4.69, 9.17) is 0 Å². The lowest BCUT2D eigenvalue weighted by atomic mass is 10.2. The highest BCUT2D eigenvalue weighted by Gasteiger charge is 2.25. The number of hydrogen-bond acceptors (Lipinski definition) is 2. The van der Waals surface area contributed by atoms with E-state index >= 15 is 0 Å². The quantitative estimate of drug-likeness (QED) is 0.566. The molecule has 0 amide bonds. The molecule has 9 heavy (non-hydrogen) atoms. The van der Waals surface area contributed by atoms with Gasteiger partial charge in [0.05, 0.1) is 0 Å². The van der Waals surface area contributed by atoms with Crippen LogP contribution < -0.4 is 5.43 Å². The summed E-state index contributed by atoms with van der Waals surface area (Å²) in [5, 5.41) is 2.32. The molecule has 0 aromatic heterocycles. The fraction of sp³-hybridized carbons (Fsp3) is 1.00. The van der Waals surface area contributed by atoms with Crippen LogP contribution in [0.5, 0.6) is 0 Å². The van der Waals surface area contributed by atoms with Gasteiger partial charge in [-0.05, 0) is 33.7 Å². The van der Waals surface area contributed by atoms with Gasteiger partial charge in [-0.2, -0.15) is 0 Å². The summed E-state index contributed by atoms with van der Waals surface area (Å²) in [6.07, 6.45) is 2.67. The number of nitrogens with zero attached hydrogens (tertiary/aromatic N) is 1. The first-order valence-corrected chi connectivity index (χ1v) is 3.71. The summed E-state index contributed by atoms with van der Waals surface area (Å²) in [7, 11) is 2.00. The summed E-state index contributed by atoms with van der Waals surface area (Å²) >= 11 is 0. The molecule has 1 aliphatic rings. The van der Waals surface area contributed by atoms with Gasteiger partial charge in [-0.1, -0.05) is 0 Å². The largest absolute Gasteiger partial charge is 0.258 e. The highest BCUT2D eigenvalue weighted by atomic mass is 15.5. The van der Waals surface area contributed by atoms with Gasteiger partial charge in [0.25, 0.3) is 0 Å². The fourth-order valence-electron chi connectivity index (χ4n) is 1.64. The monoisotopic (exact) mass is 128 g/mol. The van der Waals surface area contributed by atoms with E-state index in [0.29, 0.717) is 0 Å². The molecule has 1 saturated heterocycles. The molecule has 1 N–H and O–H groups in total. The van der Waals surface area contributed by atoms with E-state index in [9.17, 15) is 0 Å². The molecule has 0 aromatic rings. The van der Waals surface area contributed by atoms with Crippen LogP contribution in [0, 0.1) is 0 Å². The van der Waals surface area contributed by atoms with Crippen LogP contribution in [0.1, 0.15) is 26.7 Å². The summed E-state index contributed by atoms with van der Waals surface area (Å²) in [6, 6.07) is 1.45. The van der Waals surface area contributed by atoms with E-state index in [1.165, 1.54) is 12.8 Å².